The van der Waals surface area contributed by atoms with Crippen LogP contribution in [0.4, 0.5) is 0 Å². The number of benzene rings is 3. The Morgan fingerprint density at radius 1 is 0.252 bits per heavy atom. The summed E-state index contributed by atoms with van der Waals surface area (Å²) in [5.41, 5.74) is 13.0. The Balaban J connectivity index is 0.000000672. The van der Waals surface area contributed by atoms with E-state index < -0.39 is 0 Å². The van der Waals surface area contributed by atoms with Crippen LogP contribution in [0, 0.1) is 11.8 Å². The van der Waals surface area contributed by atoms with Crippen molar-refractivity contribution in [3.63, 3.8) is 0 Å². The predicted octanol–water partition coefficient (Wildman–Crippen LogP) is 26.6. The third-order valence-electron chi connectivity index (χ3n) is 17.6. The number of thiazole rings is 1. The molecule has 0 saturated carbocycles. The highest BCUT2D eigenvalue weighted by atomic mass is 32.1. The van der Waals surface area contributed by atoms with Gasteiger partial charge in [-0.15, -0.1) is 22.7 Å². The molecule has 123 heavy (non-hydrogen) atoms. The number of pyridine rings is 7. The molecular weight excluding hydrogens is 1550 g/mol. The van der Waals surface area contributed by atoms with Gasteiger partial charge in [0.05, 0.1) is 5.69 Å². The van der Waals surface area contributed by atoms with E-state index in [1.54, 1.807) is 35.1 Å². The maximum Gasteiger partial charge on any atom is 0.106 e. The van der Waals surface area contributed by atoms with Gasteiger partial charge < -0.3 is 31.9 Å². The molecule has 0 amide bonds. The second-order valence-corrected chi connectivity index (χ2v) is 35.7. The smallest absolute Gasteiger partial charge is 0.106 e. The maximum atomic E-state index is 4.19. The Kier molecular flexibility index (Phi) is 67.5. The summed E-state index contributed by atoms with van der Waals surface area (Å²) in [6.45, 7) is 57.7. The normalized spacial score (nSPS) is 10.4. The van der Waals surface area contributed by atoms with Crippen LogP contribution in [0.3, 0.4) is 0 Å². The molecule has 9 heterocycles. The molecule has 16 heteroatoms. The fraction of sp³-hybridized carbons (Fsp3) is 0.439. The Morgan fingerprint density at radius 2 is 0.650 bits per heavy atom. The number of hydrogen-bond acceptors (Lipinski definition) is 16. The number of thiophene rings is 1. The van der Waals surface area contributed by atoms with E-state index in [1.807, 2.05) is 165 Å². The average Bonchev–Trinajstić information content (AvgIpc) is 1.88. The SMILES string of the molecule is CC(C)CCCc1cccnc1.CC(C)CCc1cccnc1.CC(C)NCc1ccccc1.CC(C)NCc1ccccn1.CC(C)NCc1cccnc1.CC(C)NCc1cccs1.CC(C)NCc1ccncc1.CC(C)NCc1nccs1.CC(C)c1ccccc1.CC(C)c1ccccc1.CC(C)c1ccccn1.CC(C)c1cccnc1. The van der Waals surface area contributed by atoms with Gasteiger partial charge in [-0.1, -0.05) is 306 Å². The zero-order valence-corrected chi connectivity index (χ0v) is 81.4. The number of nitrogens with zero attached hydrogens (tertiary/aromatic N) is 8. The van der Waals surface area contributed by atoms with Crippen molar-refractivity contribution < 1.29 is 0 Å². The van der Waals surface area contributed by atoms with E-state index in [2.05, 4.69) is 353 Å². The minimum absolute atomic E-state index is 0.525. The van der Waals surface area contributed by atoms with Crippen molar-refractivity contribution >= 4 is 22.7 Å². The van der Waals surface area contributed by atoms with Gasteiger partial charge in [0.15, 0.2) is 0 Å². The van der Waals surface area contributed by atoms with Gasteiger partial charge in [0, 0.05) is 172 Å². The van der Waals surface area contributed by atoms with Crippen LogP contribution in [-0.4, -0.2) is 76.1 Å². The molecule has 0 saturated heterocycles. The van der Waals surface area contributed by atoms with Crippen molar-refractivity contribution in [3.05, 3.63) is 357 Å². The molecule has 12 aromatic rings. The highest BCUT2D eigenvalue weighted by molar-refractivity contribution is 7.10. The van der Waals surface area contributed by atoms with E-state index in [4.69, 9.17) is 0 Å². The minimum atomic E-state index is 0.525. The van der Waals surface area contributed by atoms with Gasteiger partial charge in [-0.3, -0.25) is 34.9 Å². The zero-order valence-electron chi connectivity index (χ0n) is 79.8. The molecule has 0 atom stereocenters. The summed E-state index contributed by atoms with van der Waals surface area (Å²) in [5.74, 6) is 4.07. The largest absolute Gasteiger partial charge is 0.310 e. The van der Waals surface area contributed by atoms with Crippen molar-refractivity contribution in [2.45, 2.75) is 297 Å². The molecular formula is C107H160N14S2. The molecule has 0 unspecified atom stereocenters. The lowest BCUT2D eigenvalue weighted by Gasteiger charge is -2.06. The summed E-state index contributed by atoms with van der Waals surface area (Å²) < 4.78 is 0. The van der Waals surface area contributed by atoms with Crippen LogP contribution >= 0.6 is 22.7 Å². The van der Waals surface area contributed by atoms with E-state index >= 15 is 0 Å². The lowest BCUT2D eigenvalue weighted by atomic mass is 10.0. The van der Waals surface area contributed by atoms with E-state index in [-0.39, 0.29) is 0 Å². The number of aryl methyl sites for hydroxylation is 2. The fourth-order valence-corrected chi connectivity index (χ4v) is 11.3. The maximum absolute atomic E-state index is 4.19. The summed E-state index contributed by atoms with van der Waals surface area (Å²) in [6, 6.07) is 71.4. The topological polar surface area (TPSA) is 175 Å². The Morgan fingerprint density at radius 3 is 1.02 bits per heavy atom. The van der Waals surface area contributed by atoms with Crippen LogP contribution in [0.5, 0.6) is 0 Å². The second kappa shape index (κ2) is 74.2. The van der Waals surface area contributed by atoms with Gasteiger partial charge in [-0.25, -0.2) is 4.98 Å². The highest BCUT2D eigenvalue weighted by Crippen LogP contribution is 2.16. The van der Waals surface area contributed by atoms with Gasteiger partial charge in [0.25, 0.3) is 0 Å². The fourth-order valence-electron chi connectivity index (χ4n) is 10.1. The molecule has 670 valence electrons. The number of rotatable bonds is 29. The van der Waals surface area contributed by atoms with Gasteiger partial charge in [0.1, 0.15) is 5.01 Å². The zero-order chi connectivity index (χ0) is 90.9. The quantitative estimate of drug-likeness (QED) is 0.0261. The van der Waals surface area contributed by atoms with Gasteiger partial charge >= 0.3 is 0 Å². The van der Waals surface area contributed by atoms with Crippen molar-refractivity contribution in [1.82, 2.24) is 71.8 Å². The predicted molar refractivity (Wildman–Crippen MR) is 535 cm³/mol. The van der Waals surface area contributed by atoms with Crippen LogP contribution in [0.2, 0.25) is 0 Å². The molecule has 14 nitrogen and oxygen atoms in total. The summed E-state index contributed by atoms with van der Waals surface area (Å²) in [4.78, 5) is 34.0. The van der Waals surface area contributed by atoms with Gasteiger partial charge in [0.2, 0.25) is 0 Å². The van der Waals surface area contributed by atoms with Gasteiger partial charge in [-0.05, 0) is 178 Å². The van der Waals surface area contributed by atoms with E-state index in [0.717, 1.165) is 73.9 Å². The monoisotopic (exact) mass is 1710 g/mol. The first-order chi connectivity index (χ1) is 59.0. The van der Waals surface area contributed by atoms with Crippen molar-refractivity contribution in [3.8, 4) is 0 Å². The van der Waals surface area contributed by atoms with Gasteiger partial charge in [-0.2, -0.15) is 0 Å². The Bertz CT molecular complexity index is 3640. The molecule has 3 aromatic carbocycles. The molecule has 12 rings (SSSR count). The summed E-state index contributed by atoms with van der Waals surface area (Å²) in [5, 5.41) is 25.2. The molecule has 0 radical (unpaired) electrons. The Hall–Kier alpha value is -9.20. The molecule has 0 fully saturated rings. The molecule has 9 aromatic heterocycles. The third kappa shape index (κ3) is 68.9. The molecule has 0 aliphatic rings. The molecule has 0 aliphatic carbocycles. The van der Waals surface area contributed by atoms with Crippen LogP contribution < -0.4 is 31.9 Å². The number of aromatic nitrogens is 8. The molecule has 0 spiro atoms. The molecule has 6 N–H and O–H groups in total. The van der Waals surface area contributed by atoms with Crippen molar-refractivity contribution in [1.29, 1.82) is 0 Å². The first kappa shape index (κ1) is 112. The first-order valence-electron chi connectivity index (χ1n) is 44.7. The summed E-state index contributed by atoms with van der Waals surface area (Å²) >= 11 is 3.49. The average molecular weight is 1710 g/mol. The second-order valence-electron chi connectivity index (χ2n) is 33.7. The van der Waals surface area contributed by atoms with Crippen LogP contribution in [0.25, 0.3) is 0 Å². The third-order valence-corrected chi connectivity index (χ3v) is 19.2. The standard InChI is InChI=1S/C11H17N.2C10H15N.3C9H14N2.2C9H12.C8H13NS.2C8H11N.C7H12N2S/c1-10(2)5-3-6-11-7-4-8-12-9-11;1-9(2)5-6-10-4-3-7-11-8-10;1-9(2)11-8-10-6-4-3-5-7-10;1-8(2)11-7-9-3-5-10-6-4-9;1-8(2)11-7-9-4-3-5-10-6-9;1-8(2)11-7-9-5-3-4-6-10-9;2*1-8(2)9-6-4-3-5-7-9;1-7(2)9-6-8-4-3-5-10-8;1-7(2)8-4-3-5-9-6-8;1-7(2)8-5-3-4-6-9-8;1-6(2)9-5-7-8-3-4-10-7/h4,7-10H,3,5-6H2,1-2H3;3-4,7-9H,5-6H2,1-2H3;3-7,9,11H,8H2,1-2H3;3*3-6,8,11H,7H2,1-2H3;2*3-8H,1-2H3;3-5,7,9H,6H2,1-2H3;2*3-7H,1-2H3;3-4,6,9H,5H2,1-2H3. The molecule has 0 bridgehead atoms. The highest BCUT2D eigenvalue weighted by Gasteiger charge is 2.03. The van der Waals surface area contributed by atoms with Crippen LogP contribution in [-0.2, 0) is 52.1 Å². The van der Waals surface area contributed by atoms with Crippen LogP contribution in [0.15, 0.2) is 292 Å². The van der Waals surface area contributed by atoms with E-state index in [9.17, 15) is 0 Å². The minimum Gasteiger partial charge on any atom is -0.310 e. The summed E-state index contributed by atoms with van der Waals surface area (Å²) in [6.07, 6.45) is 30.2. The van der Waals surface area contributed by atoms with E-state index in [0.29, 0.717) is 59.9 Å². The number of hydrogen-bond donors (Lipinski definition) is 6. The molecule has 0 aliphatic heterocycles. The number of nitrogens with one attached hydrogen (secondary N) is 6. The Labute approximate surface area is 756 Å². The van der Waals surface area contributed by atoms with Crippen molar-refractivity contribution in [2.75, 3.05) is 0 Å². The van der Waals surface area contributed by atoms with Crippen molar-refractivity contribution in [2.24, 2.45) is 11.8 Å². The van der Waals surface area contributed by atoms with E-state index in [1.165, 1.54) is 75.1 Å². The lowest BCUT2D eigenvalue weighted by molar-refractivity contribution is 0.555. The van der Waals surface area contributed by atoms with Crippen LogP contribution in [0.1, 0.15) is 275 Å². The first-order valence-corrected chi connectivity index (χ1v) is 46.5. The summed E-state index contributed by atoms with van der Waals surface area (Å²) in [7, 11) is 0. The lowest BCUT2D eigenvalue weighted by Crippen LogP contribution is -2.22.